The molecule has 200 valence electrons. The van der Waals surface area contributed by atoms with Crippen LogP contribution in [0.2, 0.25) is 0 Å². The van der Waals surface area contributed by atoms with Crippen LogP contribution in [0, 0.1) is 5.41 Å². The van der Waals surface area contributed by atoms with Gasteiger partial charge in [0.05, 0.1) is 6.54 Å². The number of phenols is 1. The van der Waals surface area contributed by atoms with E-state index in [2.05, 4.69) is 10.3 Å². The molecule has 1 unspecified atom stereocenters. The van der Waals surface area contributed by atoms with Crippen molar-refractivity contribution in [2.45, 2.75) is 5.72 Å². The van der Waals surface area contributed by atoms with Crippen LogP contribution in [0.3, 0.4) is 0 Å². The molecule has 2 heterocycles. The third kappa shape index (κ3) is 4.95. The van der Waals surface area contributed by atoms with Crippen molar-refractivity contribution in [3.63, 3.8) is 0 Å². The average Bonchev–Trinajstić information content (AvgIpc) is 3.30. The number of amidine groups is 2. The third-order valence-electron chi connectivity index (χ3n) is 5.96. The van der Waals surface area contributed by atoms with Crippen LogP contribution in [-0.4, -0.2) is 77.1 Å². The summed E-state index contributed by atoms with van der Waals surface area (Å²) in [4.78, 5) is 18.7. The zero-order chi connectivity index (χ0) is 27.6. The number of aliphatic carboxylic acids is 1. The van der Waals surface area contributed by atoms with E-state index in [1.54, 1.807) is 18.2 Å². The molecule has 4 rings (SSSR count). The lowest BCUT2D eigenvalue weighted by Crippen LogP contribution is -2.57. The smallest absolute Gasteiger partial charge is 0.317 e. The highest BCUT2D eigenvalue weighted by Gasteiger charge is 2.52. The number of benzene rings is 2. The number of aromatic hydroxyl groups is 1. The normalized spacial score (nSPS) is 19.1. The van der Waals surface area contributed by atoms with Gasteiger partial charge in [-0.3, -0.25) is 15.2 Å². The summed E-state index contributed by atoms with van der Waals surface area (Å²) in [5.41, 5.74) is 3.63. The van der Waals surface area contributed by atoms with E-state index in [1.807, 2.05) is 11.9 Å². The summed E-state index contributed by atoms with van der Waals surface area (Å²) in [6.45, 7) is 0.508. The fourth-order valence-electron chi connectivity index (χ4n) is 4.05. The van der Waals surface area contributed by atoms with Gasteiger partial charge in [0, 0.05) is 30.9 Å². The number of ether oxygens (including phenoxy) is 2. The number of rotatable bonds is 9. The summed E-state index contributed by atoms with van der Waals surface area (Å²) in [6, 6.07) is 10.1. The van der Waals surface area contributed by atoms with Crippen LogP contribution >= 0.6 is 0 Å². The topological polar surface area (TPSA) is 157 Å². The second-order valence-electron chi connectivity index (χ2n) is 8.63. The van der Waals surface area contributed by atoms with Gasteiger partial charge < -0.3 is 35.6 Å². The van der Waals surface area contributed by atoms with Crippen LogP contribution in [0.15, 0.2) is 71.2 Å². The lowest BCUT2D eigenvalue weighted by molar-refractivity contribution is -0.143. The number of carboxylic acid groups (broad SMARTS) is 1. The first kappa shape index (κ1) is 26.4. The number of carbonyl (C=O) groups is 1. The van der Waals surface area contributed by atoms with E-state index in [4.69, 9.17) is 20.6 Å². The number of hydrogen-bond acceptors (Lipinski definition) is 9. The van der Waals surface area contributed by atoms with E-state index in [0.29, 0.717) is 24.5 Å². The van der Waals surface area contributed by atoms with Crippen LogP contribution in [0.5, 0.6) is 17.2 Å². The minimum atomic E-state index is -2.67. The Kier molecular flexibility index (Phi) is 7.21. The fourth-order valence-corrected chi connectivity index (χ4v) is 4.05. The summed E-state index contributed by atoms with van der Waals surface area (Å²) < 4.78 is 43.2. The Morgan fingerprint density at radius 3 is 2.74 bits per heavy atom. The SMILES string of the molecule is CN1CCN=C1c1cccc(OC2(N(C)CC(=O)O)C(F)=CNC(Oc3cc(C(=N)N)ccc3O)=C2F)c1. The Labute approximate surface area is 216 Å². The number of nitrogens with zero attached hydrogens (tertiary/aromatic N) is 3. The number of nitrogen functional groups attached to an aromatic ring is 1. The molecule has 6 N–H and O–H groups in total. The van der Waals surface area contributed by atoms with E-state index in [-0.39, 0.29) is 22.9 Å². The molecule has 2 aromatic carbocycles. The van der Waals surface area contributed by atoms with Crippen LogP contribution in [0.1, 0.15) is 11.1 Å². The van der Waals surface area contributed by atoms with Gasteiger partial charge >= 0.3 is 5.97 Å². The molecule has 2 aromatic rings. The molecule has 0 bridgehead atoms. The number of nitrogens with one attached hydrogen (secondary N) is 2. The van der Waals surface area contributed by atoms with Gasteiger partial charge in [0.15, 0.2) is 17.3 Å². The van der Waals surface area contributed by atoms with Crippen molar-refractivity contribution < 1.29 is 33.3 Å². The number of likely N-dealkylation sites (N-methyl/N-ethyl adjacent to an activating group) is 2. The van der Waals surface area contributed by atoms with Crippen molar-refractivity contribution in [3.8, 4) is 17.2 Å². The number of dihydropyridines is 1. The zero-order valence-electron chi connectivity index (χ0n) is 20.5. The summed E-state index contributed by atoms with van der Waals surface area (Å²) >= 11 is 0. The number of aliphatic imine (C=N–C) groups is 1. The second-order valence-corrected chi connectivity index (χ2v) is 8.63. The number of carboxylic acids is 1. The van der Waals surface area contributed by atoms with Crippen LogP contribution in [0.25, 0.3) is 0 Å². The van der Waals surface area contributed by atoms with Gasteiger partial charge in [0.2, 0.25) is 11.7 Å². The van der Waals surface area contributed by atoms with Crippen molar-refractivity contribution in [1.29, 1.82) is 5.41 Å². The van der Waals surface area contributed by atoms with Gasteiger partial charge in [0.25, 0.3) is 5.72 Å². The maximum Gasteiger partial charge on any atom is 0.317 e. The first-order valence-corrected chi connectivity index (χ1v) is 11.4. The van der Waals surface area contributed by atoms with Crippen molar-refractivity contribution in [2.75, 3.05) is 33.7 Å². The molecule has 11 nitrogen and oxygen atoms in total. The highest BCUT2D eigenvalue weighted by molar-refractivity contribution is 6.00. The zero-order valence-corrected chi connectivity index (χ0v) is 20.5. The Morgan fingerprint density at radius 2 is 2.08 bits per heavy atom. The molecule has 0 amide bonds. The van der Waals surface area contributed by atoms with Crippen LogP contribution < -0.4 is 20.5 Å². The highest BCUT2D eigenvalue weighted by atomic mass is 19.1. The summed E-state index contributed by atoms with van der Waals surface area (Å²) in [5, 5.41) is 29.5. The molecule has 0 aliphatic carbocycles. The molecule has 1 atom stereocenters. The maximum atomic E-state index is 16.2. The molecule has 13 heteroatoms. The minimum Gasteiger partial charge on any atom is -0.504 e. The molecule has 0 spiro atoms. The maximum absolute atomic E-state index is 16.2. The van der Waals surface area contributed by atoms with Gasteiger partial charge in [-0.25, -0.2) is 9.29 Å². The standard InChI is InChI=1S/C25H26F2N6O5/c1-32-9-8-30-23(32)15-4-3-5-16(10-15)38-25(33(2)13-20(35)36)19(26)12-31-24(21(25)27)37-18-11-14(22(28)29)6-7-17(18)34/h3-7,10-12,31,34H,8-9,13H2,1-2H3,(H3,28,29)(H,35,36). The van der Waals surface area contributed by atoms with Gasteiger partial charge in [-0.15, -0.1) is 0 Å². The quantitative estimate of drug-likeness (QED) is 0.187. The Balaban J connectivity index is 1.78. The lowest BCUT2D eigenvalue weighted by atomic mass is 10.1. The van der Waals surface area contributed by atoms with Crippen LogP contribution in [-0.2, 0) is 4.79 Å². The molecule has 38 heavy (non-hydrogen) atoms. The predicted octanol–water partition coefficient (Wildman–Crippen LogP) is 2.09. The Hall–Kier alpha value is -4.65. The van der Waals surface area contributed by atoms with Crippen molar-refractivity contribution in [2.24, 2.45) is 10.7 Å². The van der Waals surface area contributed by atoms with E-state index >= 15 is 8.78 Å². The van der Waals surface area contributed by atoms with Gasteiger partial charge in [-0.05, 0) is 37.4 Å². The largest absolute Gasteiger partial charge is 0.504 e. The van der Waals surface area contributed by atoms with Gasteiger partial charge in [0.1, 0.15) is 24.0 Å². The summed E-state index contributed by atoms with van der Waals surface area (Å²) in [6.07, 6.45) is 0.765. The molecule has 0 aromatic heterocycles. The third-order valence-corrected chi connectivity index (χ3v) is 5.96. The van der Waals surface area contributed by atoms with Gasteiger partial charge in [-0.2, -0.15) is 4.39 Å². The molecule has 2 aliphatic rings. The fraction of sp³-hybridized carbons (Fsp3) is 0.240. The molecular weight excluding hydrogens is 502 g/mol. The number of phenolic OH excluding ortho intramolecular Hbond substituents is 1. The molecule has 0 radical (unpaired) electrons. The number of halogens is 2. The van der Waals surface area contributed by atoms with E-state index in [9.17, 15) is 15.0 Å². The minimum absolute atomic E-state index is 0.0316. The Morgan fingerprint density at radius 1 is 1.32 bits per heavy atom. The molecular formula is C25H26F2N6O5. The first-order chi connectivity index (χ1) is 18.0. The van der Waals surface area contributed by atoms with E-state index in [1.165, 1.54) is 31.3 Å². The highest BCUT2D eigenvalue weighted by Crippen LogP contribution is 2.41. The first-order valence-electron chi connectivity index (χ1n) is 11.4. The van der Waals surface area contributed by atoms with Gasteiger partial charge in [-0.1, -0.05) is 12.1 Å². The lowest BCUT2D eigenvalue weighted by Gasteiger charge is -2.40. The molecule has 0 fully saturated rings. The molecule has 0 saturated heterocycles. The predicted molar refractivity (Wildman–Crippen MR) is 134 cm³/mol. The summed E-state index contributed by atoms with van der Waals surface area (Å²) in [5.74, 6) is -4.90. The molecule has 0 saturated carbocycles. The van der Waals surface area contributed by atoms with E-state index in [0.717, 1.165) is 11.1 Å². The van der Waals surface area contributed by atoms with Crippen molar-refractivity contribution in [1.82, 2.24) is 15.1 Å². The summed E-state index contributed by atoms with van der Waals surface area (Å²) in [7, 11) is 3.04. The van der Waals surface area contributed by atoms with Crippen molar-refractivity contribution >= 4 is 17.6 Å². The number of nitrogens with two attached hydrogens (primary N) is 1. The Bertz CT molecular complexity index is 1380. The van der Waals surface area contributed by atoms with E-state index < -0.39 is 41.5 Å². The van der Waals surface area contributed by atoms with Crippen LogP contribution in [0.4, 0.5) is 8.78 Å². The second kappa shape index (κ2) is 10.4. The number of hydrogen-bond donors (Lipinski definition) is 5. The molecule has 2 aliphatic heterocycles. The monoisotopic (exact) mass is 528 g/mol. The van der Waals surface area contributed by atoms with Crippen molar-refractivity contribution in [3.05, 3.63) is 77.3 Å². The average molecular weight is 529 g/mol.